The molecule has 1 aromatic rings. The van der Waals surface area contributed by atoms with Gasteiger partial charge in [-0.15, -0.1) is 0 Å². The SMILES string of the molecule is CC(C)(CN)NC(=O)c1ccc(CNC(=O)C(C)(C)C)cc1. The average Bonchev–Trinajstić information content (AvgIpc) is 2.43. The molecule has 1 aromatic carbocycles. The van der Waals surface area contributed by atoms with Gasteiger partial charge in [-0.2, -0.15) is 0 Å². The molecule has 0 aromatic heterocycles. The van der Waals surface area contributed by atoms with Crippen molar-refractivity contribution in [3.8, 4) is 0 Å². The summed E-state index contributed by atoms with van der Waals surface area (Å²) in [4.78, 5) is 23.9. The number of carbonyl (C=O) groups excluding carboxylic acids is 2. The maximum absolute atomic E-state index is 12.1. The lowest BCUT2D eigenvalue weighted by molar-refractivity contribution is -0.128. The van der Waals surface area contributed by atoms with Gasteiger partial charge >= 0.3 is 0 Å². The fourth-order valence-electron chi connectivity index (χ4n) is 1.65. The normalized spacial score (nSPS) is 11.9. The highest BCUT2D eigenvalue weighted by molar-refractivity contribution is 5.94. The molecule has 122 valence electrons. The van der Waals surface area contributed by atoms with E-state index >= 15 is 0 Å². The molecule has 5 heteroatoms. The van der Waals surface area contributed by atoms with Crippen LogP contribution in [-0.2, 0) is 11.3 Å². The number of hydrogen-bond acceptors (Lipinski definition) is 3. The van der Waals surface area contributed by atoms with Gasteiger partial charge in [0.2, 0.25) is 5.91 Å². The molecule has 1 rings (SSSR count). The number of carbonyl (C=O) groups is 2. The van der Waals surface area contributed by atoms with Crippen molar-refractivity contribution >= 4 is 11.8 Å². The zero-order valence-electron chi connectivity index (χ0n) is 14.1. The van der Waals surface area contributed by atoms with Gasteiger partial charge in [0.15, 0.2) is 0 Å². The van der Waals surface area contributed by atoms with Gasteiger partial charge in [0, 0.05) is 29.6 Å². The van der Waals surface area contributed by atoms with E-state index in [2.05, 4.69) is 10.6 Å². The molecule has 0 aliphatic carbocycles. The number of amides is 2. The largest absolute Gasteiger partial charge is 0.352 e. The molecule has 5 nitrogen and oxygen atoms in total. The van der Waals surface area contributed by atoms with Crippen LogP contribution in [0.15, 0.2) is 24.3 Å². The first kappa shape index (κ1) is 18.2. The summed E-state index contributed by atoms with van der Waals surface area (Å²) in [6.07, 6.45) is 0. The molecule has 0 aliphatic rings. The number of hydrogen-bond donors (Lipinski definition) is 3. The topological polar surface area (TPSA) is 84.2 Å². The molecule has 0 spiro atoms. The molecule has 0 radical (unpaired) electrons. The minimum atomic E-state index is -0.434. The number of rotatable bonds is 5. The smallest absolute Gasteiger partial charge is 0.251 e. The van der Waals surface area contributed by atoms with Crippen LogP contribution in [-0.4, -0.2) is 23.9 Å². The Kier molecular flexibility index (Phi) is 5.72. The third-order valence-electron chi connectivity index (χ3n) is 3.31. The molecule has 0 saturated heterocycles. The Morgan fingerprint density at radius 2 is 1.59 bits per heavy atom. The fourth-order valence-corrected chi connectivity index (χ4v) is 1.65. The highest BCUT2D eigenvalue weighted by Crippen LogP contribution is 2.13. The summed E-state index contributed by atoms with van der Waals surface area (Å²) < 4.78 is 0. The Hall–Kier alpha value is -1.88. The fraction of sp³-hybridized carbons (Fsp3) is 0.529. The molecule has 0 aliphatic heterocycles. The van der Waals surface area contributed by atoms with E-state index in [1.165, 1.54) is 0 Å². The van der Waals surface area contributed by atoms with Crippen LogP contribution in [0.3, 0.4) is 0 Å². The van der Waals surface area contributed by atoms with E-state index in [1.807, 2.05) is 46.8 Å². The summed E-state index contributed by atoms with van der Waals surface area (Å²) in [5.41, 5.74) is 6.29. The molecular weight excluding hydrogens is 278 g/mol. The van der Waals surface area contributed by atoms with E-state index < -0.39 is 11.0 Å². The zero-order chi connectivity index (χ0) is 17.0. The monoisotopic (exact) mass is 305 g/mol. The molecule has 0 bridgehead atoms. The van der Waals surface area contributed by atoms with Crippen LogP contribution < -0.4 is 16.4 Å². The van der Waals surface area contributed by atoms with Crippen molar-refractivity contribution in [2.75, 3.05) is 6.54 Å². The van der Waals surface area contributed by atoms with E-state index in [4.69, 9.17) is 5.73 Å². The van der Waals surface area contributed by atoms with Gasteiger partial charge in [-0.25, -0.2) is 0 Å². The van der Waals surface area contributed by atoms with Gasteiger partial charge in [-0.05, 0) is 31.5 Å². The zero-order valence-corrected chi connectivity index (χ0v) is 14.1. The summed E-state index contributed by atoms with van der Waals surface area (Å²) in [5, 5.41) is 5.76. The van der Waals surface area contributed by atoms with Gasteiger partial charge in [0.25, 0.3) is 5.91 Å². The Bertz CT molecular complexity index is 528. The van der Waals surface area contributed by atoms with Crippen molar-refractivity contribution < 1.29 is 9.59 Å². The third-order valence-corrected chi connectivity index (χ3v) is 3.31. The van der Waals surface area contributed by atoms with Crippen molar-refractivity contribution in [1.82, 2.24) is 10.6 Å². The molecule has 2 amide bonds. The second-order valence-electron chi connectivity index (χ2n) is 7.17. The minimum Gasteiger partial charge on any atom is -0.352 e. The third kappa shape index (κ3) is 5.48. The lowest BCUT2D eigenvalue weighted by Gasteiger charge is -2.24. The maximum atomic E-state index is 12.1. The summed E-state index contributed by atoms with van der Waals surface area (Å²) in [5.74, 6) is -0.153. The van der Waals surface area contributed by atoms with Crippen molar-refractivity contribution in [2.45, 2.75) is 46.7 Å². The van der Waals surface area contributed by atoms with E-state index in [0.717, 1.165) is 5.56 Å². The Morgan fingerprint density at radius 1 is 1.05 bits per heavy atom. The summed E-state index contributed by atoms with van der Waals surface area (Å²) in [6, 6.07) is 7.18. The van der Waals surface area contributed by atoms with Crippen molar-refractivity contribution in [2.24, 2.45) is 11.1 Å². The van der Waals surface area contributed by atoms with Crippen molar-refractivity contribution in [3.05, 3.63) is 35.4 Å². The standard InChI is InChI=1S/C17H27N3O2/c1-16(2,3)15(22)19-10-12-6-8-13(9-7-12)14(21)20-17(4,5)11-18/h6-9H,10-11,18H2,1-5H3,(H,19,22)(H,20,21). The van der Waals surface area contributed by atoms with Crippen LogP contribution in [0, 0.1) is 5.41 Å². The van der Waals surface area contributed by atoms with Crippen molar-refractivity contribution in [1.29, 1.82) is 0 Å². The van der Waals surface area contributed by atoms with E-state index in [-0.39, 0.29) is 11.8 Å². The van der Waals surface area contributed by atoms with Crippen molar-refractivity contribution in [3.63, 3.8) is 0 Å². The number of nitrogens with one attached hydrogen (secondary N) is 2. The minimum absolute atomic E-state index is 0.000912. The van der Waals surface area contributed by atoms with Crippen LogP contribution in [0.5, 0.6) is 0 Å². The van der Waals surface area contributed by atoms with Crippen LogP contribution in [0.2, 0.25) is 0 Å². The maximum Gasteiger partial charge on any atom is 0.251 e. The predicted octanol–water partition coefficient (Wildman–Crippen LogP) is 1.82. The Labute approximate surface area is 132 Å². The summed E-state index contributed by atoms with van der Waals surface area (Å²) in [7, 11) is 0. The van der Waals surface area contributed by atoms with Gasteiger partial charge in [0.1, 0.15) is 0 Å². The van der Waals surface area contributed by atoms with E-state index in [9.17, 15) is 9.59 Å². The highest BCUT2D eigenvalue weighted by atomic mass is 16.2. The summed E-state index contributed by atoms with van der Waals surface area (Å²) >= 11 is 0. The van der Waals surface area contributed by atoms with Gasteiger partial charge in [-0.3, -0.25) is 9.59 Å². The first-order valence-electron chi connectivity index (χ1n) is 7.45. The molecule has 0 heterocycles. The molecule has 4 N–H and O–H groups in total. The molecular formula is C17H27N3O2. The van der Waals surface area contributed by atoms with Crippen LogP contribution >= 0.6 is 0 Å². The van der Waals surface area contributed by atoms with Gasteiger partial charge in [0.05, 0.1) is 0 Å². The molecule has 0 fully saturated rings. The Morgan fingerprint density at radius 3 is 2.05 bits per heavy atom. The van der Waals surface area contributed by atoms with E-state index in [1.54, 1.807) is 12.1 Å². The predicted molar refractivity (Wildman–Crippen MR) is 88.3 cm³/mol. The first-order valence-corrected chi connectivity index (χ1v) is 7.45. The lowest BCUT2D eigenvalue weighted by Crippen LogP contribution is -2.48. The lowest BCUT2D eigenvalue weighted by atomic mass is 9.95. The second kappa shape index (κ2) is 6.92. The quantitative estimate of drug-likeness (QED) is 0.776. The molecule has 0 atom stereocenters. The van der Waals surface area contributed by atoms with Crippen LogP contribution in [0.25, 0.3) is 0 Å². The highest BCUT2D eigenvalue weighted by Gasteiger charge is 2.21. The second-order valence-corrected chi connectivity index (χ2v) is 7.17. The van der Waals surface area contributed by atoms with E-state index in [0.29, 0.717) is 18.7 Å². The first-order chi connectivity index (χ1) is 10.0. The molecule has 0 unspecified atom stereocenters. The Balaban J connectivity index is 2.64. The molecule has 22 heavy (non-hydrogen) atoms. The van der Waals surface area contributed by atoms with Gasteiger partial charge < -0.3 is 16.4 Å². The number of nitrogens with two attached hydrogens (primary N) is 1. The number of benzene rings is 1. The summed E-state index contributed by atoms with van der Waals surface area (Å²) in [6.45, 7) is 10.2. The average molecular weight is 305 g/mol. The molecule has 0 saturated carbocycles. The van der Waals surface area contributed by atoms with Gasteiger partial charge in [-0.1, -0.05) is 32.9 Å². The van der Waals surface area contributed by atoms with Crippen LogP contribution in [0.4, 0.5) is 0 Å². The van der Waals surface area contributed by atoms with Crippen LogP contribution in [0.1, 0.15) is 50.5 Å².